The summed E-state index contributed by atoms with van der Waals surface area (Å²) in [7, 11) is 0. The zero-order chi connectivity index (χ0) is 20.6. The van der Waals surface area contributed by atoms with E-state index >= 15 is 0 Å². The second-order valence-electron chi connectivity index (χ2n) is 7.92. The van der Waals surface area contributed by atoms with E-state index in [1.807, 2.05) is 42.5 Å². The van der Waals surface area contributed by atoms with Gasteiger partial charge in [0.1, 0.15) is 11.7 Å². The van der Waals surface area contributed by atoms with Crippen LogP contribution >= 0.6 is 0 Å². The smallest absolute Gasteiger partial charge is 0.326 e. The number of nitrogens with one attached hydrogen (secondary N) is 2. The number of H-pyrrole nitrogens is 2. The molecule has 1 fully saturated rings. The molecule has 6 nitrogen and oxygen atoms in total. The van der Waals surface area contributed by atoms with Crippen molar-refractivity contribution in [2.24, 2.45) is 5.92 Å². The Morgan fingerprint density at radius 1 is 1.10 bits per heavy atom. The number of benzene rings is 2. The zero-order valence-corrected chi connectivity index (χ0v) is 16.9. The SMILES string of the molecule is CC[C@H]1O[C@@H](c2ccc3c(=O)[nH]c(=O)[nH]c3c2)[C@](C)(OCc2ccccc2)[C@@H]1C. The van der Waals surface area contributed by atoms with E-state index in [-0.39, 0.29) is 18.1 Å². The minimum absolute atomic E-state index is 0.0645. The van der Waals surface area contributed by atoms with Gasteiger partial charge in [-0.3, -0.25) is 9.78 Å². The van der Waals surface area contributed by atoms with Gasteiger partial charge in [0.2, 0.25) is 0 Å². The van der Waals surface area contributed by atoms with E-state index in [4.69, 9.17) is 9.47 Å². The first-order valence-electron chi connectivity index (χ1n) is 10.0. The summed E-state index contributed by atoms with van der Waals surface area (Å²) in [6.07, 6.45) is 0.638. The van der Waals surface area contributed by atoms with Crippen molar-refractivity contribution in [2.45, 2.75) is 51.6 Å². The van der Waals surface area contributed by atoms with Gasteiger partial charge in [-0.15, -0.1) is 0 Å². The molecule has 4 atom stereocenters. The molecule has 3 aromatic rings. The van der Waals surface area contributed by atoms with Crippen LogP contribution < -0.4 is 11.2 Å². The summed E-state index contributed by atoms with van der Waals surface area (Å²) in [6.45, 7) is 6.85. The summed E-state index contributed by atoms with van der Waals surface area (Å²) in [6, 6.07) is 15.5. The molecular formula is C23H26N2O4. The van der Waals surface area contributed by atoms with Crippen molar-refractivity contribution in [3.8, 4) is 0 Å². The molecule has 0 bridgehead atoms. The normalized spacial score (nSPS) is 26.8. The molecule has 1 aliphatic rings. The van der Waals surface area contributed by atoms with Crippen molar-refractivity contribution in [3.05, 3.63) is 80.5 Å². The number of hydrogen-bond donors (Lipinski definition) is 2. The first-order valence-corrected chi connectivity index (χ1v) is 10.0. The molecule has 1 aromatic heterocycles. The van der Waals surface area contributed by atoms with E-state index in [0.29, 0.717) is 17.5 Å². The highest BCUT2D eigenvalue weighted by Gasteiger charge is 2.52. The first-order chi connectivity index (χ1) is 13.9. The Morgan fingerprint density at radius 3 is 2.59 bits per heavy atom. The Balaban J connectivity index is 1.72. The third-order valence-corrected chi connectivity index (χ3v) is 6.15. The average Bonchev–Trinajstić information content (AvgIpc) is 2.97. The largest absolute Gasteiger partial charge is 0.367 e. The Hall–Kier alpha value is -2.70. The lowest BCUT2D eigenvalue weighted by Gasteiger charge is -2.34. The lowest BCUT2D eigenvalue weighted by atomic mass is 9.81. The van der Waals surface area contributed by atoms with Crippen LogP contribution in [0.25, 0.3) is 10.9 Å². The Kier molecular flexibility index (Phi) is 5.15. The summed E-state index contributed by atoms with van der Waals surface area (Å²) in [5.74, 6) is 0.176. The fourth-order valence-electron chi connectivity index (χ4n) is 4.27. The van der Waals surface area contributed by atoms with Gasteiger partial charge in [0.25, 0.3) is 5.56 Å². The van der Waals surface area contributed by atoms with E-state index in [0.717, 1.165) is 17.5 Å². The standard InChI is InChI=1S/C23H26N2O4/c1-4-19-14(2)23(3,28-13-15-8-6-5-7-9-15)20(29-19)16-10-11-17-18(12-16)24-22(27)25-21(17)26/h5-12,14,19-20H,4,13H2,1-3H3,(H2,24,25,26,27)/t14-,19-,20+,23-/m1/s1. The van der Waals surface area contributed by atoms with Crippen molar-refractivity contribution in [3.63, 3.8) is 0 Å². The summed E-state index contributed by atoms with van der Waals surface area (Å²) in [5.41, 5.74) is 1.02. The fourth-order valence-corrected chi connectivity index (χ4v) is 4.27. The van der Waals surface area contributed by atoms with Gasteiger partial charge in [-0.1, -0.05) is 50.2 Å². The van der Waals surface area contributed by atoms with Crippen molar-refractivity contribution in [1.29, 1.82) is 0 Å². The van der Waals surface area contributed by atoms with Gasteiger partial charge in [0.15, 0.2) is 0 Å². The zero-order valence-electron chi connectivity index (χ0n) is 16.9. The molecule has 6 heteroatoms. The average molecular weight is 394 g/mol. The highest BCUT2D eigenvalue weighted by Crippen LogP contribution is 2.49. The molecule has 1 aliphatic heterocycles. The Labute approximate surface area is 168 Å². The van der Waals surface area contributed by atoms with E-state index < -0.39 is 16.9 Å². The first kappa shape index (κ1) is 19.6. The van der Waals surface area contributed by atoms with Crippen LogP contribution in [0.4, 0.5) is 0 Å². The molecule has 2 aromatic carbocycles. The van der Waals surface area contributed by atoms with Crippen LogP contribution in [-0.4, -0.2) is 21.7 Å². The molecule has 2 N–H and O–H groups in total. The molecular weight excluding hydrogens is 368 g/mol. The van der Waals surface area contributed by atoms with Gasteiger partial charge in [-0.05, 0) is 36.6 Å². The third-order valence-electron chi connectivity index (χ3n) is 6.15. The van der Waals surface area contributed by atoms with Gasteiger partial charge in [-0.2, -0.15) is 0 Å². The summed E-state index contributed by atoms with van der Waals surface area (Å²) >= 11 is 0. The maximum atomic E-state index is 12.0. The van der Waals surface area contributed by atoms with Crippen LogP contribution in [0.2, 0.25) is 0 Å². The van der Waals surface area contributed by atoms with Crippen LogP contribution in [0.5, 0.6) is 0 Å². The molecule has 0 amide bonds. The van der Waals surface area contributed by atoms with E-state index in [1.54, 1.807) is 6.07 Å². The second-order valence-corrected chi connectivity index (χ2v) is 7.92. The van der Waals surface area contributed by atoms with Crippen molar-refractivity contribution in [2.75, 3.05) is 0 Å². The van der Waals surface area contributed by atoms with Crippen LogP contribution in [0.1, 0.15) is 44.4 Å². The third kappa shape index (κ3) is 3.54. The summed E-state index contributed by atoms with van der Waals surface area (Å²) < 4.78 is 12.9. The number of fused-ring (bicyclic) bond motifs is 1. The lowest BCUT2D eigenvalue weighted by molar-refractivity contribution is -0.105. The number of hydrogen-bond acceptors (Lipinski definition) is 4. The maximum absolute atomic E-state index is 12.0. The molecule has 0 radical (unpaired) electrons. The van der Waals surface area contributed by atoms with Gasteiger partial charge in [-0.25, -0.2) is 4.79 Å². The van der Waals surface area contributed by atoms with Gasteiger partial charge in [0, 0.05) is 5.92 Å². The quantitative estimate of drug-likeness (QED) is 0.691. The summed E-state index contributed by atoms with van der Waals surface area (Å²) in [4.78, 5) is 28.7. The molecule has 2 heterocycles. The van der Waals surface area contributed by atoms with Crippen molar-refractivity contribution in [1.82, 2.24) is 9.97 Å². The highest BCUT2D eigenvalue weighted by atomic mass is 16.6. The molecule has 0 spiro atoms. The van der Waals surface area contributed by atoms with Gasteiger partial charge < -0.3 is 14.5 Å². The number of aromatic nitrogens is 2. The van der Waals surface area contributed by atoms with E-state index in [2.05, 4.69) is 30.7 Å². The predicted molar refractivity (Wildman–Crippen MR) is 112 cm³/mol. The number of aromatic amines is 2. The highest BCUT2D eigenvalue weighted by molar-refractivity contribution is 5.78. The van der Waals surface area contributed by atoms with Gasteiger partial charge >= 0.3 is 5.69 Å². The number of rotatable bonds is 5. The van der Waals surface area contributed by atoms with Crippen LogP contribution in [0, 0.1) is 5.92 Å². The molecule has 0 aliphatic carbocycles. The van der Waals surface area contributed by atoms with Gasteiger partial charge in [0.05, 0.1) is 23.6 Å². The minimum atomic E-state index is -0.550. The molecule has 152 valence electrons. The van der Waals surface area contributed by atoms with Crippen molar-refractivity contribution >= 4 is 10.9 Å². The Bertz CT molecular complexity index is 1120. The summed E-state index contributed by atoms with van der Waals surface area (Å²) in [5, 5.41) is 0.443. The van der Waals surface area contributed by atoms with Crippen molar-refractivity contribution < 1.29 is 9.47 Å². The molecule has 4 rings (SSSR count). The van der Waals surface area contributed by atoms with Crippen LogP contribution in [-0.2, 0) is 16.1 Å². The predicted octanol–water partition coefficient (Wildman–Crippen LogP) is 3.68. The van der Waals surface area contributed by atoms with Crippen LogP contribution in [0.15, 0.2) is 58.1 Å². The molecule has 29 heavy (non-hydrogen) atoms. The van der Waals surface area contributed by atoms with E-state index in [1.165, 1.54) is 0 Å². The molecule has 0 saturated carbocycles. The topological polar surface area (TPSA) is 84.2 Å². The number of ether oxygens (including phenoxy) is 2. The second kappa shape index (κ2) is 7.61. The lowest BCUT2D eigenvalue weighted by Crippen LogP contribution is -2.39. The molecule has 0 unspecified atom stereocenters. The van der Waals surface area contributed by atoms with E-state index in [9.17, 15) is 9.59 Å². The van der Waals surface area contributed by atoms with Crippen LogP contribution in [0.3, 0.4) is 0 Å². The maximum Gasteiger partial charge on any atom is 0.326 e. The monoisotopic (exact) mass is 394 g/mol. The molecule has 1 saturated heterocycles. The minimum Gasteiger partial charge on any atom is -0.367 e. The Morgan fingerprint density at radius 2 is 1.86 bits per heavy atom. The fraction of sp³-hybridized carbons (Fsp3) is 0.391.